The van der Waals surface area contributed by atoms with Gasteiger partial charge in [-0.05, 0) is 19.6 Å². The van der Waals surface area contributed by atoms with E-state index in [4.69, 9.17) is 12.6 Å². The Morgan fingerprint density at radius 1 is 1.25 bits per heavy atom. The third kappa shape index (κ3) is 3.33. The lowest BCUT2D eigenvalue weighted by Crippen LogP contribution is -2.25. The minimum atomic E-state index is 0.863. The molecular formula is C6H14NS-. The molecule has 0 aliphatic heterocycles. The third-order valence-electron chi connectivity index (χ3n) is 1.30. The van der Waals surface area contributed by atoms with Crippen LogP contribution in [0.5, 0.6) is 0 Å². The van der Waals surface area contributed by atoms with Gasteiger partial charge in [-0.2, -0.15) is 5.75 Å². The van der Waals surface area contributed by atoms with E-state index in [1.807, 2.05) is 0 Å². The summed E-state index contributed by atoms with van der Waals surface area (Å²) in [5.41, 5.74) is 0. The van der Waals surface area contributed by atoms with Crippen LogP contribution >= 0.6 is 0 Å². The molecule has 1 nitrogen and oxygen atoms in total. The molecule has 8 heavy (non-hydrogen) atoms. The molecule has 0 aromatic rings. The topological polar surface area (TPSA) is 3.24 Å². The maximum atomic E-state index is 4.82. The molecule has 2 heteroatoms. The zero-order valence-corrected chi connectivity index (χ0v) is 6.50. The van der Waals surface area contributed by atoms with E-state index in [0.29, 0.717) is 0 Å². The van der Waals surface area contributed by atoms with Gasteiger partial charge in [0.25, 0.3) is 0 Å². The third-order valence-corrected chi connectivity index (χ3v) is 1.48. The van der Waals surface area contributed by atoms with Crippen LogP contribution < -0.4 is 0 Å². The summed E-state index contributed by atoms with van der Waals surface area (Å²) in [6.07, 6.45) is 0. The fourth-order valence-electron chi connectivity index (χ4n) is 0.669. The van der Waals surface area contributed by atoms with Gasteiger partial charge in [0, 0.05) is 0 Å². The van der Waals surface area contributed by atoms with Crippen molar-refractivity contribution in [1.29, 1.82) is 0 Å². The monoisotopic (exact) mass is 132 g/mol. The van der Waals surface area contributed by atoms with E-state index in [1.54, 1.807) is 0 Å². The fourth-order valence-corrected chi connectivity index (χ4v) is 0.927. The molecule has 0 spiro atoms. The van der Waals surface area contributed by atoms with E-state index in [-0.39, 0.29) is 0 Å². The zero-order chi connectivity index (χ0) is 6.41. The molecule has 0 rings (SSSR count). The van der Waals surface area contributed by atoms with Crippen molar-refractivity contribution in [3.05, 3.63) is 0 Å². The lowest BCUT2D eigenvalue weighted by atomic mass is 10.5. The van der Waals surface area contributed by atoms with Crippen LogP contribution in [0.25, 0.3) is 0 Å². The maximum absolute atomic E-state index is 4.82. The van der Waals surface area contributed by atoms with Crippen LogP contribution in [0.2, 0.25) is 0 Å². The lowest BCUT2D eigenvalue weighted by molar-refractivity contribution is 0.324. The lowest BCUT2D eigenvalue weighted by Gasteiger charge is -2.19. The summed E-state index contributed by atoms with van der Waals surface area (Å²) in [6, 6.07) is 0. The molecule has 0 saturated heterocycles. The van der Waals surface area contributed by atoms with E-state index >= 15 is 0 Å². The van der Waals surface area contributed by atoms with Gasteiger partial charge >= 0.3 is 0 Å². The second-order valence-corrected chi connectivity index (χ2v) is 2.14. The summed E-state index contributed by atoms with van der Waals surface area (Å²) < 4.78 is 0. The van der Waals surface area contributed by atoms with Crippen molar-refractivity contribution >= 4 is 12.6 Å². The smallest absolute Gasteiger partial charge is 0.00481 e. The molecule has 0 bridgehead atoms. The van der Waals surface area contributed by atoms with Gasteiger partial charge in [-0.25, -0.2) is 0 Å². The minimum Gasteiger partial charge on any atom is -0.791 e. The predicted molar refractivity (Wildman–Crippen MR) is 40.0 cm³/mol. The number of rotatable bonds is 4. The van der Waals surface area contributed by atoms with Crippen molar-refractivity contribution in [1.82, 2.24) is 4.90 Å². The summed E-state index contributed by atoms with van der Waals surface area (Å²) >= 11 is 4.82. The average Bonchev–Trinajstić information content (AvgIpc) is 1.83. The highest BCUT2D eigenvalue weighted by atomic mass is 32.1. The van der Waals surface area contributed by atoms with Crippen molar-refractivity contribution in [3.8, 4) is 0 Å². The van der Waals surface area contributed by atoms with Crippen molar-refractivity contribution < 1.29 is 0 Å². The van der Waals surface area contributed by atoms with Crippen molar-refractivity contribution in [2.75, 3.05) is 25.4 Å². The summed E-state index contributed by atoms with van der Waals surface area (Å²) in [5, 5.41) is 0. The molecule has 0 aromatic heterocycles. The molecule has 0 unspecified atom stereocenters. The first-order valence-electron chi connectivity index (χ1n) is 3.15. The van der Waals surface area contributed by atoms with Gasteiger partial charge in [-0.3, -0.25) is 0 Å². The van der Waals surface area contributed by atoms with Gasteiger partial charge in [-0.15, -0.1) is 0 Å². The molecule has 0 aliphatic carbocycles. The first-order chi connectivity index (χ1) is 3.85. The van der Waals surface area contributed by atoms with Crippen molar-refractivity contribution in [2.24, 2.45) is 0 Å². The largest absolute Gasteiger partial charge is 0.791 e. The van der Waals surface area contributed by atoms with Gasteiger partial charge in [-0.1, -0.05) is 13.8 Å². The molecule has 0 atom stereocenters. The van der Waals surface area contributed by atoms with Crippen molar-refractivity contribution in [3.63, 3.8) is 0 Å². The maximum Gasteiger partial charge on any atom is -0.00481 e. The van der Waals surface area contributed by atoms with Gasteiger partial charge in [0.05, 0.1) is 0 Å². The Hall–Kier alpha value is 0.310. The molecule has 0 amide bonds. The molecule has 0 radical (unpaired) electrons. The van der Waals surface area contributed by atoms with E-state index in [9.17, 15) is 0 Å². The Labute approximate surface area is 57.5 Å². The minimum absolute atomic E-state index is 0.863. The highest BCUT2D eigenvalue weighted by molar-refractivity contribution is 7.58. The molecule has 0 heterocycles. The van der Waals surface area contributed by atoms with Crippen LogP contribution in [-0.4, -0.2) is 30.3 Å². The molecule has 0 fully saturated rings. The van der Waals surface area contributed by atoms with Crippen LogP contribution in [0.4, 0.5) is 0 Å². The van der Waals surface area contributed by atoms with Crippen molar-refractivity contribution in [2.45, 2.75) is 13.8 Å². The molecule has 0 aliphatic rings. The van der Waals surface area contributed by atoms with Crippen LogP contribution in [0.15, 0.2) is 0 Å². The zero-order valence-electron chi connectivity index (χ0n) is 5.68. The van der Waals surface area contributed by atoms with E-state index in [1.165, 1.54) is 0 Å². The standard InChI is InChI=1S/C6H15NS/c1-3-7(4-2)5-6-8/h8H,3-6H2,1-2H3/p-1. The van der Waals surface area contributed by atoms with Gasteiger partial charge in [0.1, 0.15) is 0 Å². The number of hydrogen-bond acceptors (Lipinski definition) is 2. The SMILES string of the molecule is CCN(CC)CC[S-]. The molecule has 0 saturated carbocycles. The summed E-state index contributed by atoms with van der Waals surface area (Å²) in [5.74, 6) is 0.863. The predicted octanol–water partition coefficient (Wildman–Crippen LogP) is 0.875. The Bertz CT molecular complexity index is 43.8. The van der Waals surface area contributed by atoms with Gasteiger partial charge in [0.15, 0.2) is 0 Å². The normalized spacial score (nSPS) is 10.5. The summed E-state index contributed by atoms with van der Waals surface area (Å²) in [4.78, 5) is 2.33. The molecular weight excluding hydrogens is 118 g/mol. The van der Waals surface area contributed by atoms with Crippen LogP contribution in [-0.2, 0) is 12.6 Å². The average molecular weight is 132 g/mol. The van der Waals surface area contributed by atoms with Crippen LogP contribution in [0, 0.1) is 0 Å². The number of hydrogen-bond donors (Lipinski definition) is 0. The summed E-state index contributed by atoms with van der Waals surface area (Å²) in [7, 11) is 0. The Morgan fingerprint density at radius 3 is 1.88 bits per heavy atom. The van der Waals surface area contributed by atoms with Crippen LogP contribution in [0.1, 0.15) is 13.8 Å². The Morgan fingerprint density at radius 2 is 1.75 bits per heavy atom. The first kappa shape index (κ1) is 8.31. The molecule has 0 N–H and O–H groups in total. The molecule has 50 valence electrons. The second kappa shape index (κ2) is 5.45. The quantitative estimate of drug-likeness (QED) is 0.522. The highest BCUT2D eigenvalue weighted by Crippen LogP contribution is 1.83. The Kier molecular flexibility index (Phi) is 5.66. The van der Waals surface area contributed by atoms with E-state index in [2.05, 4.69) is 18.7 Å². The highest BCUT2D eigenvalue weighted by Gasteiger charge is 1.90. The number of nitrogens with zero attached hydrogens (tertiary/aromatic N) is 1. The van der Waals surface area contributed by atoms with Gasteiger partial charge in [0.2, 0.25) is 0 Å². The summed E-state index contributed by atoms with van der Waals surface area (Å²) in [6.45, 7) is 7.66. The van der Waals surface area contributed by atoms with E-state index in [0.717, 1.165) is 25.4 Å². The first-order valence-corrected chi connectivity index (χ1v) is 3.73. The molecule has 0 aromatic carbocycles. The second-order valence-electron chi connectivity index (χ2n) is 1.73. The van der Waals surface area contributed by atoms with Crippen LogP contribution in [0.3, 0.4) is 0 Å². The van der Waals surface area contributed by atoms with E-state index < -0.39 is 0 Å². The van der Waals surface area contributed by atoms with Gasteiger partial charge < -0.3 is 17.5 Å². The Balaban J connectivity index is 3.07. The fraction of sp³-hybridized carbons (Fsp3) is 1.00.